The van der Waals surface area contributed by atoms with Crippen LogP contribution in [0.1, 0.15) is 5.56 Å². The standard InChI is InChI=1S/C10H9Cl2NOS/c11-8-4-10(14)9(12)3-7(8)5-13-1-2-15-6-13/h1-4,14H,5-6H2. The Morgan fingerprint density at radius 3 is 2.80 bits per heavy atom. The molecule has 0 unspecified atom stereocenters. The molecule has 1 aromatic rings. The van der Waals surface area contributed by atoms with Crippen LogP contribution in [0.5, 0.6) is 5.75 Å². The Kier molecular flexibility index (Phi) is 3.34. The van der Waals surface area contributed by atoms with Crippen molar-refractivity contribution in [2.45, 2.75) is 6.54 Å². The Labute approximate surface area is 102 Å². The van der Waals surface area contributed by atoms with Crippen molar-refractivity contribution >= 4 is 35.0 Å². The van der Waals surface area contributed by atoms with Crippen LogP contribution in [0.2, 0.25) is 10.0 Å². The van der Waals surface area contributed by atoms with E-state index >= 15 is 0 Å². The summed E-state index contributed by atoms with van der Waals surface area (Å²) < 4.78 is 0. The molecule has 0 saturated carbocycles. The molecule has 0 amide bonds. The SMILES string of the molecule is Oc1cc(Cl)c(CN2C=CSC2)cc1Cl. The van der Waals surface area contributed by atoms with Gasteiger partial charge in [0, 0.05) is 23.8 Å². The van der Waals surface area contributed by atoms with Crippen molar-refractivity contribution in [1.82, 2.24) is 4.90 Å². The smallest absolute Gasteiger partial charge is 0.135 e. The number of phenols is 1. The number of phenolic OH excluding ortho intramolecular Hbond substituents is 1. The van der Waals surface area contributed by atoms with Crippen molar-refractivity contribution in [2.24, 2.45) is 0 Å². The number of nitrogens with zero attached hydrogens (tertiary/aromatic N) is 1. The highest BCUT2D eigenvalue weighted by Crippen LogP contribution is 2.31. The number of halogens is 2. The highest BCUT2D eigenvalue weighted by molar-refractivity contribution is 8.02. The fourth-order valence-corrected chi connectivity index (χ4v) is 2.44. The molecule has 0 bridgehead atoms. The van der Waals surface area contributed by atoms with Crippen molar-refractivity contribution in [1.29, 1.82) is 0 Å². The number of benzene rings is 1. The fraction of sp³-hybridized carbons (Fsp3) is 0.200. The zero-order chi connectivity index (χ0) is 10.8. The number of hydrogen-bond donors (Lipinski definition) is 1. The zero-order valence-corrected chi connectivity index (χ0v) is 10.1. The first-order chi connectivity index (χ1) is 7.16. The Balaban J connectivity index is 2.20. The molecule has 0 aliphatic carbocycles. The van der Waals surface area contributed by atoms with Gasteiger partial charge < -0.3 is 10.0 Å². The molecule has 0 atom stereocenters. The predicted octanol–water partition coefficient (Wildman–Crippen LogP) is 3.68. The molecular formula is C10H9Cl2NOS. The molecule has 1 aliphatic heterocycles. The average Bonchev–Trinajstić information content (AvgIpc) is 2.67. The third kappa shape index (κ3) is 2.54. The molecule has 80 valence electrons. The minimum Gasteiger partial charge on any atom is -0.506 e. The molecule has 5 heteroatoms. The van der Waals surface area contributed by atoms with Gasteiger partial charge in [-0.2, -0.15) is 0 Å². The summed E-state index contributed by atoms with van der Waals surface area (Å²) in [4.78, 5) is 2.12. The van der Waals surface area contributed by atoms with E-state index in [-0.39, 0.29) is 5.75 Å². The summed E-state index contributed by atoms with van der Waals surface area (Å²) in [7, 11) is 0. The largest absolute Gasteiger partial charge is 0.506 e. The van der Waals surface area contributed by atoms with E-state index in [9.17, 15) is 5.11 Å². The molecule has 2 nitrogen and oxygen atoms in total. The highest BCUT2D eigenvalue weighted by Gasteiger charge is 2.10. The molecule has 0 saturated heterocycles. The number of thioether (sulfide) groups is 1. The van der Waals surface area contributed by atoms with Crippen LogP contribution in [0.25, 0.3) is 0 Å². The monoisotopic (exact) mass is 261 g/mol. The van der Waals surface area contributed by atoms with E-state index in [0.717, 1.165) is 11.4 Å². The van der Waals surface area contributed by atoms with Gasteiger partial charge in [-0.3, -0.25) is 0 Å². The van der Waals surface area contributed by atoms with E-state index in [0.29, 0.717) is 16.6 Å². The molecule has 2 rings (SSSR count). The van der Waals surface area contributed by atoms with Crippen molar-refractivity contribution in [3.05, 3.63) is 39.3 Å². The third-order valence-electron chi connectivity index (χ3n) is 2.10. The summed E-state index contributed by atoms with van der Waals surface area (Å²) in [6.45, 7) is 0.711. The van der Waals surface area contributed by atoms with Crippen LogP contribution in [0.15, 0.2) is 23.7 Å². The minimum absolute atomic E-state index is 0.0248. The normalized spacial score (nSPS) is 14.9. The lowest BCUT2D eigenvalue weighted by atomic mass is 10.2. The van der Waals surface area contributed by atoms with Crippen LogP contribution >= 0.6 is 35.0 Å². The first-order valence-corrected chi connectivity index (χ1v) is 6.16. The summed E-state index contributed by atoms with van der Waals surface area (Å²) in [5.74, 6) is 0.950. The molecule has 0 aromatic heterocycles. The van der Waals surface area contributed by atoms with Gasteiger partial charge in [0.2, 0.25) is 0 Å². The minimum atomic E-state index is 0.0248. The lowest BCUT2D eigenvalue weighted by Crippen LogP contribution is -2.12. The van der Waals surface area contributed by atoms with Crippen LogP contribution in [-0.4, -0.2) is 15.9 Å². The van der Waals surface area contributed by atoms with Crippen LogP contribution in [0, 0.1) is 0 Å². The van der Waals surface area contributed by atoms with Crippen molar-refractivity contribution in [3.8, 4) is 5.75 Å². The maximum absolute atomic E-state index is 9.34. The first-order valence-electron chi connectivity index (χ1n) is 4.36. The number of aromatic hydroxyl groups is 1. The lowest BCUT2D eigenvalue weighted by molar-refractivity contribution is 0.439. The van der Waals surface area contributed by atoms with E-state index < -0.39 is 0 Å². The summed E-state index contributed by atoms with van der Waals surface area (Å²) >= 11 is 13.6. The van der Waals surface area contributed by atoms with E-state index in [1.54, 1.807) is 17.8 Å². The molecule has 1 heterocycles. The highest BCUT2D eigenvalue weighted by atomic mass is 35.5. The Morgan fingerprint density at radius 2 is 2.13 bits per heavy atom. The first kappa shape index (κ1) is 11.0. The second-order valence-corrected chi connectivity index (χ2v) is 4.90. The van der Waals surface area contributed by atoms with E-state index in [2.05, 4.69) is 4.90 Å². The Bertz CT molecular complexity index is 409. The summed E-state index contributed by atoms with van der Waals surface area (Å²) in [6.07, 6.45) is 2.02. The van der Waals surface area contributed by atoms with Crippen LogP contribution in [-0.2, 0) is 6.54 Å². The Morgan fingerprint density at radius 1 is 1.33 bits per heavy atom. The molecule has 15 heavy (non-hydrogen) atoms. The molecule has 1 aromatic carbocycles. The van der Waals surface area contributed by atoms with Gasteiger partial charge in [-0.15, -0.1) is 11.8 Å². The van der Waals surface area contributed by atoms with Crippen molar-refractivity contribution in [2.75, 3.05) is 5.88 Å². The predicted molar refractivity (Wildman–Crippen MR) is 65.3 cm³/mol. The maximum atomic E-state index is 9.34. The average molecular weight is 262 g/mol. The maximum Gasteiger partial charge on any atom is 0.135 e. The van der Waals surface area contributed by atoms with Gasteiger partial charge in [0.15, 0.2) is 0 Å². The van der Waals surface area contributed by atoms with E-state index in [1.807, 2.05) is 11.6 Å². The van der Waals surface area contributed by atoms with Gasteiger partial charge in [-0.25, -0.2) is 0 Å². The van der Waals surface area contributed by atoms with Gasteiger partial charge in [0.1, 0.15) is 5.75 Å². The quantitative estimate of drug-likeness (QED) is 0.879. The topological polar surface area (TPSA) is 23.5 Å². The number of rotatable bonds is 2. The van der Waals surface area contributed by atoms with Gasteiger partial charge in [0.05, 0.1) is 10.9 Å². The molecule has 1 N–H and O–H groups in total. The summed E-state index contributed by atoms with van der Waals surface area (Å²) in [5, 5.41) is 12.3. The van der Waals surface area contributed by atoms with Gasteiger partial charge in [-0.05, 0) is 17.0 Å². The van der Waals surface area contributed by atoms with E-state index in [4.69, 9.17) is 23.2 Å². The van der Waals surface area contributed by atoms with E-state index in [1.165, 1.54) is 6.07 Å². The summed E-state index contributed by atoms with van der Waals surface area (Å²) in [6, 6.07) is 3.18. The van der Waals surface area contributed by atoms with Crippen LogP contribution in [0.4, 0.5) is 0 Å². The molecule has 0 radical (unpaired) electrons. The van der Waals surface area contributed by atoms with Gasteiger partial charge in [0.25, 0.3) is 0 Å². The molecule has 0 fully saturated rings. The second-order valence-electron chi connectivity index (χ2n) is 3.22. The van der Waals surface area contributed by atoms with Crippen LogP contribution in [0.3, 0.4) is 0 Å². The van der Waals surface area contributed by atoms with Crippen molar-refractivity contribution < 1.29 is 5.11 Å². The van der Waals surface area contributed by atoms with Crippen molar-refractivity contribution in [3.63, 3.8) is 0 Å². The Hall–Kier alpha value is -0.510. The van der Waals surface area contributed by atoms with Crippen LogP contribution < -0.4 is 0 Å². The molecular weight excluding hydrogens is 253 g/mol. The lowest BCUT2D eigenvalue weighted by Gasteiger charge is -2.16. The molecule has 0 spiro atoms. The third-order valence-corrected chi connectivity index (χ3v) is 3.55. The fourth-order valence-electron chi connectivity index (χ4n) is 1.33. The number of hydrogen-bond acceptors (Lipinski definition) is 3. The summed E-state index contributed by atoms with van der Waals surface area (Å²) in [5.41, 5.74) is 0.923. The zero-order valence-electron chi connectivity index (χ0n) is 7.78. The van der Waals surface area contributed by atoms with Gasteiger partial charge >= 0.3 is 0 Å². The second kappa shape index (κ2) is 4.56. The van der Waals surface area contributed by atoms with Gasteiger partial charge in [-0.1, -0.05) is 23.2 Å². The molecule has 1 aliphatic rings.